The third-order valence-electron chi connectivity index (χ3n) is 3.00. The summed E-state index contributed by atoms with van der Waals surface area (Å²) in [6.45, 7) is 0.448. The van der Waals surface area contributed by atoms with Crippen LogP contribution in [0.2, 0.25) is 5.02 Å². The predicted molar refractivity (Wildman–Crippen MR) is 75.3 cm³/mol. The van der Waals surface area contributed by atoms with Crippen molar-refractivity contribution >= 4 is 17.6 Å². The molecule has 0 N–H and O–H groups in total. The van der Waals surface area contributed by atoms with Gasteiger partial charge in [-0.1, -0.05) is 0 Å². The van der Waals surface area contributed by atoms with Gasteiger partial charge in [0.2, 0.25) is 0 Å². The van der Waals surface area contributed by atoms with E-state index in [1.165, 1.54) is 7.14 Å². The molecule has 1 heterocycles. The minimum atomic E-state index is -0.457. The van der Waals surface area contributed by atoms with Crippen LogP contribution in [0.3, 0.4) is 0 Å². The molecule has 1 unspecified atom stereocenters. The Kier molecular flexibility index (Phi) is 4.65. The van der Waals surface area contributed by atoms with Crippen LogP contribution in [-0.4, -0.2) is 18.7 Å². The number of hydrogen-bond acceptors (Lipinski definition) is 3. The number of rotatable bonds is 4. The molecule has 1 fully saturated rings. The van der Waals surface area contributed by atoms with Crippen LogP contribution in [0.15, 0.2) is 48.5 Å². The first-order valence-electron chi connectivity index (χ1n) is 6.54. The summed E-state index contributed by atoms with van der Waals surface area (Å²) >= 11 is 5.66. The zero-order valence-electron chi connectivity index (χ0n) is 11.1. The Hall–Kier alpha value is -1.27. The van der Waals surface area contributed by atoms with E-state index in [9.17, 15) is 4.79 Å². The van der Waals surface area contributed by atoms with Gasteiger partial charge in [0.25, 0.3) is 0 Å². The standard InChI is InChI=1S/C16H13ClIO3/c17-11-1-3-12(4-2-11)18-13-5-7-14(8-6-13)21-15-9-10-20-16(15)19/h1-8,15H,9-10H2/q-1. The quantitative estimate of drug-likeness (QED) is 0.527. The SMILES string of the molecule is O=C1OCCC1Oc1ccc([I-]c2ccc(Cl)cc2)cc1. The molecule has 0 radical (unpaired) electrons. The van der Waals surface area contributed by atoms with Gasteiger partial charge in [-0.05, 0) is 0 Å². The number of carbonyl (C=O) groups excluding carboxylic acids is 1. The van der Waals surface area contributed by atoms with Crippen molar-refractivity contribution in [2.45, 2.75) is 12.5 Å². The molecule has 1 aliphatic heterocycles. The second-order valence-electron chi connectivity index (χ2n) is 4.55. The summed E-state index contributed by atoms with van der Waals surface area (Å²) in [6.07, 6.45) is 0.167. The summed E-state index contributed by atoms with van der Waals surface area (Å²) in [6, 6.07) is 15.9. The molecule has 1 atom stereocenters. The van der Waals surface area contributed by atoms with Crippen LogP contribution in [-0.2, 0) is 9.53 Å². The number of cyclic esters (lactones) is 1. The van der Waals surface area contributed by atoms with Crippen molar-refractivity contribution in [1.82, 2.24) is 0 Å². The van der Waals surface area contributed by atoms with Gasteiger partial charge >= 0.3 is 139 Å². The van der Waals surface area contributed by atoms with E-state index in [4.69, 9.17) is 21.1 Å². The summed E-state index contributed by atoms with van der Waals surface area (Å²) in [5.74, 6) is 0.440. The van der Waals surface area contributed by atoms with Crippen molar-refractivity contribution in [1.29, 1.82) is 0 Å². The fraction of sp³-hybridized carbons (Fsp3) is 0.188. The molecule has 0 bridgehead atoms. The zero-order valence-corrected chi connectivity index (χ0v) is 14.0. The van der Waals surface area contributed by atoms with Crippen molar-refractivity contribution in [3.8, 4) is 5.75 Å². The summed E-state index contributed by atoms with van der Waals surface area (Å²) in [5.41, 5.74) is 0. The third-order valence-corrected chi connectivity index (χ3v) is 5.94. The first-order valence-corrected chi connectivity index (χ1v) is 9.08. The fourth-order valence-electron chi connectivity index (χ4n) is 1.94. The van der Waals surface area contributed by atoms with E-state index in [2.05, 4.69) is 24.3 Å². The summed E-state index contributed by atoms with van der Waals surface area (Å²) in [4.78, 5) is 11.4. The van der Waals surface area contributed by atoms with Gasteiger partial charge in [-0.3, -0.25) is 0 Å². The van der Waals surface area contributed by atoms with Crippen LogP contribution in [0.4, 0.5) is 0 Å². The van der Waals surface area contributed by atoms with Gasteiger partial charge in [-0.15, -0.1) is 0 Å². The molecule has 5 heteroatoms. The number of esters is 1. The minimum absolute atomic E-state index is 0.228. The van der Waals surface area contributed by atoms with Gasteiger partial charge in [0.1, 0.15) is 0 Å². The van der Waals surface area contributed by atoms with Crippen LogP contribution in [0.1, 0.15) is 6.42 Å². The van der Waals surface area contributed by atoms with Crippen LogP contribution < -0.4 is 25.9 Å². The van der Waals surface area contributed by atoms with E-state index in [1.54, 1.807) is 0 Å². The van der Waals surface area contributed by atoms with Gasteiger partial charge in [0.05, 0.1) is 0 Å². The first kappa shape index (κ1) is 14.7. The Balaban J connectivity index is 1.63. The van der Waals surface area contributed by atoms with E-state index >= 15 is 0 Å². The van der Waals surface area contributed by atoms with Crippen molar-refractivity contribution in [3.05, 3.63) is 60.7 Å². The predicted octanol–water partition coefficient (Wildman–Crippen LogP) is 0.163. The maximum atomic E-state index is 11.4. The number of benzene rings is 2. The average Bonchev–Trinajstić information content (AvgIpc) is 2.89. The molecule has 0 spiro atoms. The normalized spacial score (nSPS) is 17.8. The second-order valence-corrected chi connectivity index (χ2v) is 8.01. The molecule has 3 rings (SSSR count). The number of carbonyl (C=O) groups is 1. The average molecular weight is 416 g/mol. The van der Waals surface area contributed by atoms with Crippen LogP contribution in [0.5, 0.6) is 5.75 Å². The molecule has 3 nitrogen and oxygen atoms in total. The molecule has 0 aromatic heterocycles. The Morgan fingerprint density at radius 3 is 2.24 bits per heavy atom. The van der Waals surface area contributed by atoms with Crippen molar-refractivity contribution < 1.29 is 35.5 Å². The van der Waals surface area contributed by atoms with Crippen molar-refractivity contribution in [3.63, 3.8) is 0 Å². The van der Waals surface area contributed by atoms with Crippen LogP contribution >= 0.6 is 11.6 Å². The molecule has 110 valence electrons. The topological polar surface area (TPSA) is 35.5 Å². The van der Waals surface area contributed by atoms with E-state index in [1.807, 2.05) is 24.3 Å². The summed E-state index contributed by atoms with van der Waals surface area (Å²) in [7, 11) is 0. The number of hydrogen-bond donors (Lipinski definition) is 0. The van der Waals surface area contributed by atoms with Crippen molar-refractivity contribution in [2.24, 2.45) is 0 Å². The Morgan fingerprint density at radius 2 is 1.67 bits per heavy atom. The second kappa shape index (κ2) is 6.66. The Morgan fingerprint density at radius 1 is 1.05 bits per heavy atom. The van der Waals surface area contributed by atoms with Gasteiger partial charge in [0.15, 0.2) is 0 Å². The molecular formula is C16H13ClIO3-. The van der Waals surface area contributed by atoms with Gasteiger partial charge in [0, 0.05) is 0 Å². The van der Waals surface area contributed by atoms with E-state index < -0.39 is 6.10 Å². The fourth-order valence-corrected chi connectivity index (χ4v) is 4.23. The van der Waals surface area contributed by atoms with E-state index in [0.29, 0.717) is 18.8 Å². The molecule has 2 aromatic carbocycles. The maximum absolute atomic E-state index is 11.4. The third kappa shape index (κ3) is 3.89. The molecular weight excluding hydrogens is 403 g/mol. The molecule has 2 aromatic rings. The molecule has 0 saturated carbocycles. The van der Waals surface area contributed by atoms with Crippen LogP contribution in [0, 0.1) is 7.14 Å². The number of halogens is 2. The Bertz CT molecular complexity index is 625. The van der Waals surface area contributed by atoms with Crippen LogP contribution in [0.25, 0.3) is 0 Å². The molecule has 0 aliphatic carbocycles. The first-order chi connectivity index (χ1) is 10.2. The summed E-state index contributed by atoms with van der Waals surface area (Å²) in [5, 5.41) is 0.759. The van der Waals surface area contributed by atoms with Gasteiger partial charge in [-0.25, -0.2) is 0 Å². The zero-order chi connectivity index (χ0) is 14.7. The van der Waals surface area contributed by atoms with Gasteiger partial charge in [-0.2, -0.15) is 0 Å². The van der Waals surface area contributed by atoms with Gasteiger partial charge < -0.3 is 0 Å². The molecule has 1 saturated heterocycles. The summed E-state index contributed by atoms with van der Waals surface area (Å²) < 4.78 is 13.1. The van der Waals surface area contributed by atoms with E-state index in [-0.39, 0.29) is 27.2 Å². The molecule has 1 aliphatic rings. The monoisotopic (exact) mass is 415 g/mol. The Labute approximate surface area is 138 Å². The number of ether oxygens (including phenoxy) is 2. The molecule has 21 heavy (non-hydrogen) atoms. The van der Waals surface area contributed by atoms with Crippen molar-refractivity contribution in [2.75, 3.05) is 6.61 Å². The molecule has 0 amide bonds. The van der Waals surface area contributed by atoms with E-state index in [0.717, 1.165) is 5.02 Å².